The van der Waals surface area contributed by atoms with Crippen LogP contribution in [0.1, 0.15) is 30.2 Å². The molecule has 2 aliphatic heterocycles. The van der Waals surface area contributed by atoms with Crippen molar-refractivity contribution in [3.63, 3.8) is 0 Å². The average Bonchev–Trinajstić information content (AvgIpc) is 3.35. The highest BCUT2D eigenvalue weighted by atomic mass is 32.2. The highest BCUT2D eigenvalue weighted by Crippen LogP contribution is 2.53. The van der Waals surface area contributed by atoms with Crippen molar-refractivity contribution in [2.24, 2.45) is 5.92 Å². The largest absolute Gasteiger partial charge is 0.497 e. The van der Waals surface area contributed by atoms with Gasteiger partial charge in [0.05, 0.1) is 23.7 Å². The smallest absolute Gasteiger partial charge is 0.305 e. The Morgan fingerprint density at radius 2 is 1.65 bits per heavy atom. The Morgan fingerprint density at radius 1 is 0.971 bits per heavy atom. The molecule has 0 aliphatic carbocycles. The standard InChI is InChI=1S/C25H25N3O4S2/c1-4-27(5-2)15-8-6-14(7-9-15)18-19-21(33-22-20(18)34-25(31)26-22)24(30)28(23(19)29)16-10-12-17(32-3)13-11-16/h6-13,18-19,21H,4-5H2,1-3H3,(H,26,31)/t18-,19?,21?/m1/s1. The van der Waals surface area contributed by atoms with Gasteiger partial charge < -0.3 is 14.6 Å². The second-order valence-electron chi connectivity index (χ2n) is 8.22. The Bertz CT molecular complexity index is 1280. The van der Waals surface area contributed by atoms with Crippen molar-refractivity contribution < 1.29 is 14.3 Å². The zero-order chi connectivity index (χ0) is 24.0. The van der Waals surface area contributed by atoms with Crippen LogP contribution in [0.3, 0.4) is 0 Å². The number of thiazole rings is 1. The molecule has 3 heterocycles. The zero-order valence-corrected chi connectivity index (χ0v) is 20.7. The minimum atomic E-state index is -0.597. The summed E-state index contributed by atoms with van der Waals surface area (Å²) in [5, 5.41) is 0.0895. The fourth-order valence-electron chi connectivity index (χ4n) is 4.84. The summed E-state index contributed by atoms with van der Waals surface area (Å²) >= 11 is 2.42. The first-order valence-electron chi connectivity index (χ1n) is 11.2. The van der Waals surface area contributed by atoms with Crippen LogP contribution in [-0.2, 0) is 9.59 Å². The number of nitrogens with zero attached hydrogens (tertiary/aromatic N) is 2. The molecule has 0 bridgehead atoms. The van der Waals surface area contributed by atoms with Gasteiger partial charge in [-0.3, -0.25) is 14.4 Å². The van der Waals surface area contributed by atoms with E-state index < -0.39 is 11.2 Å². The molecule has 2 unspecified atom stereocenters. The maximum Gasteiger partial charge on any atom is 0.305 e. The summed E-state index contributed by atoms with van der Waals surface area (Å²) in [4.78, 5) is 46.5. The number of aromatic amines is 1. The lowest BCUT2D eigenvalue weighted by Crippen LogP contribution is -2.32. The Hall–Kier alpha value is -3.04. The number of carbonyl (C=O) groups is 2. The molecule has 0 saturated carbocycles. The summed E-state index contributed by atoms with van der Waals surface area (Å²) in [7, 11) is 1.57. The van der Waals surface area contributed by atoms with E-state index in [0.717, 1.165) is 40.6 Å². The molecular formula is C25H25N3O4S2. The van der Waals surface area contributed by atoms with E-state index in [2.05, 4.69) is 35.9 Å². The van der Waals surface area contributed by atoms with Crippen molar-refractivity contribution in [3.05, 3.63) is 68.6 Å². The highest BCUT2D eigenvalue weighted by Gasteiger charge is 2.56. The number of aromatic nitrogens is 1. The number of hydrogen-bond donors (Lipinski definition) is 1. The van der Waals surface area contributed by atoms with Gasteiger partial charge in [0, 0.05) is 29.6 Å². The number of nitrogens with one attached hydrogen (secondary N) is 1. The van der Waals surface area contributed by atoms with Gasteiger partial charge in [0.2, 0.25) is 11.8 Å². The third kappa shape index (κ3) is 3.63. The van der Waals surface area contributed by atoms with Crippen LogP contribution in [0.15, 0.2) is 58.4 Å². The van der Waals surface area contributed by atoms with E-state index in [1.54, 1.807) is 31.4 Å². The summed E-state index contributed by atoms with van der Waals surface area (Å²) in [6.07, 6.45) is 0. The molecule has 1 aromatic heterocycles. The normalized spacial score (nSPS) is 21.4. The molecule has 2 aromatic carbocycles. The number of benzene rings is 2. The summed E-state index contributed by atoms with van der Waals surface area (Å²) < 4.78 is 5.21. The molecule has 7 nitrogen and oxygen atoms in total. The van der Waals surface area contributed by atoms with Gasteiger partial charge in [0.1, 0.15) is 11.0 Å². The second kappa shape index (κ2) is 8.96. The number of carbonyl (C=O) groups excluding carboxylic acids is 2. The lowest BCUT2D eigenvalue weighted by atomic mass is 9.83. The fourth-order valence-corrected chi connectivity index (χ4v) is 7.36. The quantitative estimate of drug-likeness (QED) is 0.519. The fraction of sp³-hybridized carbons (Fsp3) is 0.320. The molecule has 1 saturated heterocycles. The molecule has 0 spiro atoms. The van der Waals surface area contributed by atoms with E-state index in [-0.39, 0.29) is 22.6 Å². The number of imide groups is 1. The van der Waals surface area contributed by atoms with Crippen LogP contribution in [0.4, 0.5) is 11.4 Å². The van der Waals surface area contributed by atoms with Gasteiger partial charge in [-0.1, -0.05) is 35.2 Å². The van der Waals surface area contributed by atoms with Crippen molar-refractivity contribution in [1.29, 1.82) is 0 Å². The Balaban J connectivity index is 1.57. The number of rotatable bonds is 6. The number of H-pyrrole nitrogens is 1. The van der Waals surface area contributed by atoms with E-state index in [9.17, 15) is 14.4 Å². The van der Waals surface area contributed by atoms with E-state index >= 15 is 0 Å². The lowest BCUT2D eigenvalue weighted by molar-refractivity contribution is -0.122. The monoisotopic (exact) mass is 495 g/mol. The van der Waals surface area contributed by atoms with E-state index in [1.807, 2.05) is 12.1 Å². The van der Waals surface area contributed by atoms with Gasteiger partial charge in [-0.25, -0.2) is 4.90 Å². The molecule has 1 fully saturated rings. The second-order valence-corrected chi connectivity index (χ2v) is 10.4. The van der Waals surface area contributed by atoms with Gasteiger partial charge in [-0.2, -0.15) is 0 Å². The van der Waals surface area contributed by atoms with Crippen LogP contribution in [0.25, 0.3) is 0 Å². The number of ether oxygens (including phenoxy) is 1. The predicted molar refractivity (Wildman–Crippen MR) is 135 cm³/mol. The molecule has 0 radical (unpaired) electrons. The summed E-state index contributed by atoms with van der Waals surface area (Å²) in [5.74, 6) is -0.793. The van der Waals surface area contributed by atoms with Gasteiger partial charge in [0.25, 0.3) is 0 Å². The SMILES string of the molecule is CCN(CC)c1ccc([C@H]2c3sc(=O)[nH]c3SC3C(=O)N(c4ccc(OC)cc4)C(=O)C32)cc1. The van der Waals surface area contributed by atoms with E-state index in [4.69, 9.17) is 4.74 Å². The van der Waals surface area contributed by atoms with Gasteiger partial charge in [0.15, 0.2) is 0 Å². The number of hydrogen-bond acceptors (Lipinski definition) is 7. The molecule has 2 amide bonds. The molecule has 5 rings (SSSR count). The number of anilines is 2. The van der Waals surface area contributed by atoms with E-state index in [1.165, 1.54) is 16.7 Å². The van der Waals surface area contributed by atoms with Crippen LogP contribution in [-0.4, -0.2) is 42.2 Å². The third-order valence-electron chi connectivity index (χ3n) is 6.54. The first-order valence-corrected chi connectivity index (χ1v) is 12.9. The van der Waals surface area contributed by atoms with Crippen LogP contribution >= 0.6 is 23.1 Å². The van der Waals surface area contributed by atoms with Crippen molar-refractivity contribution in [1.82, 2.24) is 4.98 Å². The van der Waals surface area contributed by atoms with Crippen LogP contribution in [0.2, 0.25) is 0 Å². The molecule has 3 atom stereocenters. The molecule has 9 heteroatoms. The zero-order valence-electron chi connectivity index (χ0n) is 19.1. The van der Waals surface area contributed by atoms with Crippen LogP contribution in [0, 0.1) is 5.92 Å². The highest BCUT2D eigenvalue weighted by molar-refractivity contribution is 8.00. The Kier molecular flexibility index (Phi) is 5.99. The van der Waals surface area contributed by atoms with Gasteiger partial charge in [-0.15, -0.1) is 0 Å². The van der Waals surface area contributed by atoms with Crippen molar-refractivity contribution in [2.45, 2.75) is 30.0 Å². The summed E-state index contributed by atoms with van der Waals surface area (Å²) in [6.45, 7) is 6.02. The number of thioether (sulfide) groups is 1. The third-order valence-corrected chi connectivity index (χ3v) is 8.94. The van der Waals surface area contributed by atoms with Crippen molar-refractivity contribution in [2.75, 3.05) is 30.0 Å². The molecule has 176 valence electrons. The molecule has 1 N–H and O–H groups in total. The predicted octanol–water partition coefficient (Wildman–Crippen LogP) is 4.09. The number of amides is 2. The topological polar surface area (TPSA) is 82.7 Å². The number of fused-ring (bicyclic) bond motifs is 2. The summed E-state index contributed by atoms with van der Waals surface area (Å²) in [5.41, 5.74) is 2.56. The Labute approximate surface area is 205 Å². The average molecular weight is 496 g/mol. The van der Waals surface area contributed by atoms with Gasteiger partial charge in [-0.05, 0) is 55.8 Å². The molecular weight excluding hydrogens is 470 g/mol. The van der Waals surface area contributed by atoms with Gasteiger partial charge >= 0.3 is 4.87 Å². The molecule has 34 heavy (non-hydrogen) atoms. The van der Waals surface area contributed by atoms with Crippen molar-refractivity contribution >= 4 is 46.3 Å². The molecule has 3 aromatic rings. The number of methoxy groups -OCH3 is 1. The maximum atomic E-state index is 13.7. The first-order chi connectivity index (χ1) is 16.5. The van der Waals surface area contributed by atoms with Crippen LogP contribution < -0.4 is 19.4 Å². The van der Waals surface area contributed by atoms with Crippen molar-refractivity contribution in [3.8, 4) is 5.75 Å². The lowest BCUT2D eigenvalue weighted by Gasteiger charge is -2.30. The molecule has 2 aliphatic rings. The minimum absolute atomic E-state index is 0.172. The van der Waals surface area contributed by atoms with Crippen LogP contribution in [0.5, 0.6) is 5.75 Å². The Morgan fingerprint density at radius 3 is 2.26 bits per heavy atom. The maximum absolute atomic E-state index is 13.7. The minimum Gasteiger partial charge on any atom is -0.497 e. The first kappa shape index (κ1) is 22.7. The summed E-state index contributed by atoms with van der Waals surface area (Å²) in [6, 6.07) is 15.1. The van der Waals surface area contributed by atoms with E-state index in [0.29, 0.717) is 16.5 Å².